The van der Waals surface area contributed by atoms with Gasteiger partial charge in [-0.1, -0.05) is 38.5 Å². The molecule has 17 heavy (non-hydrogen) atoms. The molecule has 1 aromatic rings. The number of hydrogen-bond acceptors (Lipinski definition) is 1. The van der Waals surface area contributed by atoms with Crippen LogP contribution < -0.4 is 5.32 Å². The van der Waals surface area contributed by atoms with E-state index >= 15 is 0 Å². The summed E-state index contributed by atoms with van der Waals surface area (Å²) in [6.45, 7) is 6.30. The van der Waals surface area contributed by atoms with Gasteiger partial charge in [-0.05, 0) is 36.9 Å². The van der Waals surface area contributed by atoms with E-state index < -0.39 is 0 Å². The highest BCUT2D eigenvalue weighted by Gasteiger charge is 2.54. The highest BCUT2D eigenvalue weighted by Crippen LogP contribution is 2.56. The summed E-state index contributed by atoms with van der Waals surface area (Å²) in [6, 6.07) is 7.26. The molecule has 1 N–H and O–H groups in total. The van der Waals surface area contributed by atoms with Crippen molar-refractivity contribution in [1.82, 2.24) is 5.32 Å². The average Bonchev–Trinajstić information content (AvgIpc) is 3.05. The molecule has 0 amide bonds. The first-order valence-electron chi connectivity index (χ1n) is 6.70. The molecule has 1 aliphatic carbocycles. The van der Waals surface area contributed by atoms with Gasteiger partial charge in [0, 0.05) is 12.0 Å². The number of nitrogens with one attached hydrogen (secondary N) is 1. The molecule has 94 valence electrons. The predicted molar refractivity (Wildman–Crippen MR) is 69.6 cm³/mol. The third-order valence-corrected chi connectivity index (χ3v) is 4.00. The molecule has 1 nitrogen and oxygen atoms in total. The van der Waals surface area contributed by atoms with E-state index in [9.17, 15) is 4.39 Å². The van der Waals surface area contributed by atoms with E-state index in [2.05, 4.69) is 19.2 Å². The number of halogens is 1. The van der Waals surface area contributed by atoms with Gasteiger partial charge in [0.15, 0.2) is 0 Å². The van der Waals surface area contributed by atoms with Gasteiger partial charge in [-0.15, -0.1) is 0 Å². The molecule has 1 saturated carbocycles. The van der Waals surface area contributed by atoms with Crippen LogP contribution in [0.4, 0.5) is 4.39 Å². The van der Waals surface area contributed by atoms with Crippen LogP contribution in [0.15, 0.2) is 24.3 Å². The minimum absolute atomic E-state index is 0.0400. The first-order chi connectivity index (χ1) is 8.24. The highest BCUT2D eigenvalue weighted by molar-refractivity contribution is 5.35. The Morgan fingerprint density at radius 3 is 2.71 bits per heavy atom. The van der Waals surface area contributed by atoms with Crippen molar-refractivity contribution >= 4 is 0 Å². The Balaban J connectivity index is 2.16. The van der Waals surface area contributed by atoms with Crippen molar-refractivity contribution < 1.29 is 4.39 Å². The molecule has 1 aliphatic rings. The molecule has 0 radical (unpaired) electrons. The van der Waals surface area contributed by atoms with Crippen molar-refractivity contribution in [2.24, 2.45) is 5.92 Å². The fourth-order valence-electron chi connectivity index (χ4n) is 2.91. The average molecular weight is 235 g/mol. The minimum Gasteiger partial charge on any atom is -0.316 e. The largest absolute Gasteiger partial charge is 0.316 e. The van der Waals surface area contributed by atoms with Crippen LogP contribution in [0, 0.1) is 11.7 Å². The molecule has 2 rings (SSSR count). The van der Waals surface area contributed by atoms with E-state index in [0.717, 1.165) is 37.9 Å². The van der Waals surface area contributed by atoms with E-state index in [0.29, 0.717) is 5.92 Å². The van der Waals surface area contributed by atoms with Crippen LogP contribution in [0.25, 0.3) is 0 Å². The number of benzene rings is 1. The first kappa shape index (κ1) is 12.6. The molecular formula is C15H22FN. The van der Waals surface area contributed by atoms with Gasteiger partial charge in [-0.3, -0.25) is 0 Å². The third-order valence-electron chi connectivity index (χ3n) is 4.00. The van der Waals surface area contributed by atoms with Crippen LogP contribution in [0.5, 0.6) is 0 Å². The summed E-state index contributed by atoms with van der Waals surface area (Å²) < 4.78 is 13.9. The van der Waals surface area contributed by atoms with E-state index in [4.69, 9.17) is 0 Å². The Morgan fingerprint density at radius 2 is 2.12 bits per heavy atom. The van der Waals surface area contributed by atoms with Crippen LogP contribution in [-0.4, -0.2) is 13.1 Å². The Labute approximate surface area is 103 Å². The highest BCUT2D eigenvalue weighted by atomic mass is 19.1. The van der Waals surface area contributed by atoms with Gasteiger partial charge in [-0.25, -0.2) is 4.39 Å². The molecule has 1 fully saturated rings. The van der Waals surface area contributed by atoms with E-state index in [-0.39, 0.29) is 11.2 Å². The van der Waals surface area contributed by atoms with Gasteiger partial charge >= 0.3 is 0 Å². The van der Waals surface area contributed by atoms with Gasteiger partial charge in [0.2, 0.25) is 0 Å². The topological polar surface area (TPSA) is 12.0 Å². The van der Waals surface area contributed by atoms with E-state index in [1.165, 1.54) is 0 Å². The molecule has 0 spiro atoms. The van der Waals surface area contributed by atoms with Crippen LogP contribution in [0.3, 0.4) is 0 Å². The van der Waals surface area contributed by atoms with Gasteiger partial charge < -0.3 is 5.32 Å². The molecule has 2 heteroatoms. The molecular weight excluding hydrogens is 213 g/mol. The second kappa shape index (κ2) is 5.18. The Hall–Kier alpha value is -0.890. The van der Waals surface area contributed by atoms with Crippen molar-refractivity contribution in [3.8, 4) is 0 Å². The first-order valence-corrected chi connectivity index (χ1v) is 6.70. The lowest BCUT2D eigenvalue weighted by Crippen LogP contribution is -2.30. The fraction of sp³-hybridized carbons (Fsp3) is 0.600. The number of rotatable bonds is 6. The molecule has 0 aromatic heterocycles. The molecule has 2 unspecified atom stereocenters. The van der Waals surface area contributed by atoms with Crippen molar-refractivity contribution in [3.05, 3.63) is 35.6 Å². The summed E-state index contributed by atoms with van der Waals surface area (Å²) in [5.41, 5.74) is 0.977. The molecule has 0 bridgehead atoms. The molecule has 0 heterocycles. The normalized spacial score (nSPS) is 27.1. The summed E-state index contributed by atoms with van der Waals surface area (Å²) in [5, 5.41) is 3.46. The zero-order valence-corrected chi connectivity index (χ0v) is 10.8. The van der Waals surface area contributed by atoms with Crippen molar-refractivity contribution in [1.29, 1.82) is 0 Å². The second-order valence-electron chi connectivity index (χ2n) is 5.12. The van der Waals surface area contributed by atoms with Crippen LogP contribution >= 0.6 is 0 Å². The van der Waals surface area contributed by atoms with Gasteiger partial charge in [0.1, 0.15) is 5.82 Å². The molecule has 2 atom stereocenters. The van der Waals surface area contributed by atoms with Gasteiger partial charge in [-0.2, -0.15) is 0 Å². The lowest BCUT2D eigenvalue weighted by molar-refractivity contribution is 0.494. The summed E-state index contributed by atoms with van der Waals surface area (Å²) >= 11 is 0. The van der Waals surface area contributed by atoms with E-state index in [1.54, 1.807) is 12.1 Å². The van der Waals surface area contributed by atoms with Crippen LogP contribution in [-0.2, 0) is 5.41 Å². The van der Waals surface area contributed by atoms with Gasteiger partial charge in [0.25, 0.3) is 0 Å². The maximum absolute atomic E-state index is 13.9. The van der Waals surface area contributed by atoms with Crippen molar-refractivity contribution in [2.75, 3.05) is 13.1 Å². The maximum Gasteiger partial charge on any atom is 0.127 e. The molecule has 0 aliphatic heterocycles. The van der Waals surface area contributed by atoms with Crippen molar-refractivity contribution in [3.63, 3.8) is 0 Å². The molecule has 0 saturated heterocycles. The Bertz CT molecular complexity index is 377. The maximum atomic E-state index is 13.9. The Kier molecular flexibility index (Phi) is 3.82. The lowest BCUT2D eigenvalue weighted by Gasteiger charge is -2.19. The zero-order chi connectivity index (χ0) is 12.3. The second-order valence-corrected chi connectivity index (χ2v) is 5.12. The quantitative estimate of drug-likeness (QED) is 0.744. The monoisotopic (exact) mass is 235 g/mol. The standard InChI is InChI=1S/C15H22FN/c1-3-9-17-11-15(10-12(15)4-2)13-7-5-6-8-14(13)16/h5-8,12,17H,3-4,9-11H2,1-2H3. The van der Waals surface area contributed by atoms with Gasteiger partial charge in [0.05, 0.1) is 0 Å². The SMILES string of the molecule is CCCNCC1(c2ccccc2F)CC1CC. The summed E-state index contributed by atoms with van der Waals surface area (Å²) in [4.78, 5) is 0. The minimum atomic E-state index is -0.0400. The van der Waals surface area contributed by atoms with Crippen molar-refractivity contribution in [2.45, 2.75) is 38.5 Å². The summed E-state index contributed by atoms with van der Waals surface area (Å²) in [6.07, 6.45) is 3.40. The number of hydrogen-bond donors (Lipinski definition) is 1. The zero-order valence-electron chi connectivity index (χ0n) is 10.8. The fourth-order valence-corrected chi connectivity index (χ4v) is 2.91. The molecule has 1 aromatic carbocycles. The van der Waals surface area contributed by atoms with Crippen LogP contribution in [0.1, 0.15) is 38.7 Å². The van der Waals surface area contributed by atoms with E-state index in [1.807, 2.05) is 12.1 Å². The summed E-state index contributed by atoms with van der Waals surface area (Å²) in [5.74, 6) is 0.602. The predicted octanol–water partition coefficient (Wildman–Crippen LogP) is 3.49. The summed E-state index contributed by atoms with van der Waals surface area (Å²) in [7, 11) is 0. The van der Waals surface area contributed by atoms with Crippen LogP contribution in [0.2, 0.25) is 0 Å². The third kappa shape index (κ3) is 2.37. The lowest BCUT2D eigenvalue weighted by atomic mass is 9.91. The Morgan fingerprint density at radius 1 is 1.35 bits per heavy atom. The smallest absolute Gasteiger partial charge is 0.127 e.